The number of pyridine rings is 1. The highest BCUT2D eigenvalue weighted by Gasteiger charge is 2.07. The summed E-state index contributed by atoms with van der Waals surface area (Å²) in [6.07, 6.45) is 2.01. The summed E-state index contributed by atoms with van der Waals surface area (Å²) in [6.45, 7) is 0. The maximum absolute atomic E-state index is 13.5. The highest BCUT2D eigenvalue weighted by atomic mass is 35.5. The SMILES string of the molecule is CSc1cc(-c2ccc(Cl)cc2)nc(-c2cccc(F)c2)c1. The first-order chi connectivity index (χ1) is 10.7. The Hall–Kier alpha value is -1.84. The van der Waals surface area contributed by atoms with Crippen molar-refractivity contribution in [2.45, 2.75) is 4.90 Å². The molecule has 0 radical (unpaired) electrons. The summed E-state index contributed by atoms with van der Waals surface area (Å²) in [4.78, 5) is 5.75. The highest BCUT2D eigenvalue weighted by molar-refractivity contribution is 7.98. The number of nitrogens with zero attached hydrogens (tertiary/aromatic N) is 1. The van der Waals surface area contributed by atoms with E-state index in [1.54, 1.807) is 17.8 Å². The van der Waals surface area contributed by atoms with Gasteiger partial charge in [-0.15, -0.1) is 11.8 Å². The molecule has 1 heterocycles. The fraction of sp³-hybridized carbons (Fsp3) is 0.0556. The van der Waals surface area contributed by atoms with E-state index in [-0.39, 0.29) is 5.82 Å². The van der Waals surface area contributed by atoms with Crippen LogP contribution in [0.4, 0.5) is 4.39 Å². The van der Waals surface area contributed by atoms with E-state index in [2.05, 4.69) is 4.98 Å². The van der Waals surface area contributed by atoms with Crippen LogP contribution >= 0.6 is 23.4 Å². The van der Waals surface area contributed by atoms with E-state index < -0.39 is 0 Å². The van der Waals surface area contributed by atoms with Gasteiger partial charge in [0.1, 0.15) is 5.82 Å². The lowest BCUT2D eigenvalue weighted by molar-refractivity contribution is 0.628. The van der Waals surface area contributed by atoms with E-state index >= 15 is 0 Å². The maximum Gasteiger partial charge on any atom is 0.123 e. The molecule has 22 heavy (non-hydrogen) atoms. The third-order valence-electron chi connectivity index (χ3n) is 3.29. The average Bonchev–Trinajstić information content (AvgIpc) is 2.55. The van der Waals surface area contributed by atoms with E-state index in [1.807, 2.05) is 48.7 Å². The first-order valence-electron chi connectivity index (χ1n) is 6.73. The van der Waals surface area contributed by atoms with Crippen molar-refractivity contribution in [1.82, 2.24) is 4.98 Å². The van der Waals surface area contributed by atoms with Gasteiger partial charge in [0.15, 0.2) is 0 Å². The van der Waals surface area contributed by atoms with Crippen LogP contribution in [0.3, 0.4) is 0 Å². The molecule has 110 valence electrons. The summed E-state index contributed by atoms with van der Waals surface area (Å²) >= 11 is 7.57. The number of benzene rings is 2. The van der Waals surface area contributed by atoms with Crippen molar-refractivity contribution in [2.24, 2.45) is 0 Å². The van der Waals surface area contributed by atoms with Crippen LogP contribution in [-0.2, 0) is 0 Å². The molecule has 0 aliphatic rings. The maximum atomic E-state index is 13.5. The quantitative estimate of drug-likeness (QED) is 0.552. The zero-order valence-corrected chi connectivity index (χ0v) is 13.5. The molecule has 0 amide bonds. The molecule has 0 fully saturated rings. The summed E-state index contributed by atoms with van der Waals surface area (Å²) in [5.41, 5.74) is 3.36. The monoisotopic (exact) mass is 329 g/mol. The van der Waals surface area contributed by atoms with Gasteiger partial charge >= 0.3 is 0 Å². The Bertz CT molecular complexity index is 802. The van der Waals surface area contributed by atoms with E-state index in [9.17, 15) is 4.39 Å². The van der Waals surface area contributed by atoms with Crippen molar-refractivity contribution in [1.29, 1.82) is 0 Å². The molecule has 0 bridgehead atoms. The second-order valence-corrected chi connectivity index (χ2v) is 6.11. The minimum atomic E-state index is -0.262. The topological polar surface area (TPSA) is 12.9 Å². The largest absolute Gasteiger partial charge is 0.248 e. The molecule has 0 atom stereocenters. The van der Waals surface area contributed by atoms with Crippen LogP contribution in [0.15, 0.2) is 65.6 Å². The molecular weight excluding hydrogens is 317 g/mol. The Morgan fingerprint density at radius 1 is 0.909 bits per heavy atom. The van der Waals surface area contributed by atoms with Crippen LogP contribution in [0, 0.1) is 5.82 Å². The molecular formula is C18H13ClFNS. The molecule has 1 aromatic heterocycles. The van der Waals surface area contributed by atoms with Gasteiger partial charge in [-0.05, 0) is 42.7 Å². The van der Waals surface area contributed by atoms with Crippen molar-refractivity contribution in [3.05, 3.63) is 71.5 Å². The minimum absolute atomic E-state index is 0.262. The number of thioether (sulfide) groups is 1. The molecule has 0 unspecified atom stereocenters. The van der Waals surface area contributed by atoms with E-state index in [0.717, 1.165) is 27.4 Å². The van der Waals surface area contributed by atoms with E-state index in [4.69, 9.17) is 11.6 Å². The Morgan fingerprint density at radius 2 is 1.59 bits per heavy atom. The van der Waals surface area contributed by atoms with Crippen molar-refractivity contribution >= 4 is 23.4 Å². The number of aromatic nitrogens is 1. The Labute approximate surface area is 138 Å². The molecule has 4 heteroatoms. The minimum Gasteiger partial charge on any atom is -0.248 e. The van der Waals surface area contributed by atoms with Crippen LogP contribution in [0.5, 0.6) is 0 Å². The molecule has 0 saturated carbocycles. The van der Waals surface area contributed by atoms with Crippen LogP contribution in [0.1, 0.15) is 0 Å². The number of hydrogen-bond donors (Lipinski definition) is 0. The molecule has 3 aromatic rings. The van der Waals surface area contributed by atoms with Gasteiger partial charge in [0.25, 0.3) is 0 Å². The number of hydrogen-bond acceptors (Lipinski definition) is 2. The predicted octanol–water partition coefficient (Wildman–Crippen LogP) is 5.93. The molecule has 0 aliphatic heterocycles. The van der Waals surface area contributed by atoms with Crippen LogP contribution < -0.4 is 0 Å². The first-order valence-corrected chi connectivity index (χ1v) is 8.34. The average molecular weight is 330 g/mol. The fourth-order valence-corrected chi connectivity index (χ4v) is 2.77. The Morgan fingerprint density at radius 3 is 2.23 bits per heavy atom. The third-order valence-corrected chi connectivity index (χ3v) is 4.25. The lowest BCUT2D eigenvalue weighted by Gasteiger charge is -2.08. The second kappa shape index (κ2) is 6.51. The van der Waals surface area contributed by atoms with Crippen LogP contribution in [-0.4, -0.2) is 11.2 Å². The van der Waals surface area contributed by atoms with Gasteiger partial charge in [-0.25, -0.2) is 9.37 Å². The van der Waals surface area contributed by atoms with Crippen molar-refractivity contribution in [2.75, 3.05) is 6.26 Å². The Balaban J connectivity index is 2.12. The fourth-order valence-electron chi connectivity index (χ4n) is 2.19. The van der Waals surface area contributed by atoms with Gasteiger partial charge in [0, 0.05) is 21.0 Å². The molecule has 1 nitrogen and oxygen atoms in total. The van der Waals surface area contributed by atoms with Gasteiger partial charge < -0.3 is 0 Å². The molecule has 0 spiro atoms. The lowest BCUT2D eigenvalue weighted by Crippen LogP contribution is -1.90. The standard InChI is InChI=1S/C18H13ClFNS/c1-22-16-10-17(12-5-7-14(19)8-6-12)21-18(11-16)13-3-2-4-15(20)9-13/h2-11H,1H3. The van der Waals surface area contributed by atoms with Crippen molar-refractivity contribution < 1.29 is 4.39 Å². The molecule has 0 saturated heterocycles. The van der Waals surface area contributed by atoms with Crippen LogP contribution in [0.2, 0.25) is 5.02 Å². The third kappa shape index (κ3) is 3.32. The zero-order valence-electron chi connectivity index (χ0n) is 11.9. The zero-order chi connectivity index (χ0) is 15.5. The van der Waals surface area contributed by atoms with Gasteiger partial charge in [0.2, 0.25) is 0 Å². The summed E-state index contributed by atoms with van der Waals surface area (Å²) in [7, 11) is 0. The molecule has 0 N–H and O–H groups in total. The molecule has 2 aromatic carbocycles. The highest BCUT2D eigenvalue weighted by Crippen LogP contribution is 2.29. The van der Waals surface area contributed by atoms with E-state index in [1.165, 1.54) is 12.1 Å². The lowest BCUT2D eigenvalue weighted by atomic mass is 10.1. The first kappa shape index (κ1) is 15.1. The smallest absolute Gasteiger partial charge is 0.123 e. The van der Waals surface area contributed by atoms with Crippen LogP contribution in [0.25, 0.3) is 22.5 Å². The Kier molecular flexibility index (Phi) is 4.46. The van der Waals surface area contributed by atoms with Gasteiger partial charge in [-0.2, -0.15) is 0 Å². The summed E-state index contributed by atoms with van der Waals surface area (Å²) in [6, 6.07) is 18.0. The van der Waals surface area contributed by atoms with Crippen molar-refractivity contribution in [3.63, 3.8) is 0 Å². The number of rotatable bonds is 3. The normalized spacial score (nSPS) is 10.7. The second-order valence-electron chi connectivity index (χ2n) is 4.79. The predicted molar refractivity (Wildman–Crippen MR) is 91.9 cm³/mol. The summed E-state index contributed by atoms with van der Waals surface area (Å²) in [5.74, 6) is -0.262. The van der Waals surface area contributed by atoms with Gasteiger partial charge in [0.05, 0.1) is 11.4 Å². The summed E-state index contributed by atoms with van der Waals surface area (Å²) < 4.78 is 13.5. The molecule has 3 rings (SSSR count). The van der Waals surface area contributed by atoms with E-state index in [0.29, 0.717) is 5.02 Å². The molecule has 0 aliphatic carbocycles. The van der Waals surface area contributed by atoms with Gasteiger partial charge in [-0.1, -0.05) is 35.9 Å². The van der Waals surface area contributed by atoms with Gasteiger partial charge in [-0.3, -0.25) is 0 Å². The summed E-state index contributed by atoms with van der Waals surface area (Å²) in [5, 5.41) is 0.690. The number of halogens is 2. The van der Waals surface area contributed by atoms with Crippen molar-refractivity contribution in [3.8, 4) is 22.5 Å².